The molecular formula is C24H22Cl2F2N2O4. The highest BCUT2D eigenvalue weighted by Crippen LogP contribution is 2.44. The van der Waals surface area contributed by atoms with Gasteiger partial charge in [0.1, 0.15) is 23.1 Å². The Morgan fingerprint density at radius 3 is 2.15 bits per heavy atom. The molecule has 2 aliphatic carbocycles. The number of rotatable bonds is 8. The van der Waals surface area contributed by atoms with E-state index in [9.17, 15) is 18.4 Å². The number of carbonyl (C=O) groups is 2. The Balaban J connectivity index is 1.26. The maximum Gasteiger partial charge on any atom is 0.262 e. The molecule has 2 amide bonds. The Kier molecular flexibility index (Phi) is 7.28. The second-order valence-corrected chi connectivity index (χ2v) is 9.22. The zero-order valence-electron chi connectivity index (χ0n) is 18.0. The molecule has 0 heterocycles. The van der Waals surface area contributed by atoms with E-state index in [0.717, 1.165) is 30.7 Å². The van der Waals surface area contributed by atoms with E-state index in [1.54, 1.807) is 0 Å². The lowest BCUT2D eigenvalue weighted by Gasteiger charge is -2.33. The first-order valence-corrected chi connectivity index (χ1v) is 11.5. The number of amides is 2. The number of hydrogen-bond donors (Lipinski definition) is 2. The van der Waals surface area contributed by atoms with Crippen LogP contribution < -0.4 is 20.1 Å². The van der Waals surface area contributed by atoms with E-state index in [1.807, 2.05) is 6.08 Å². The Morgan fingerprint density at radius 2 is 1.56 bits per heavy atom. The first kappa shape index (κ1) is 24.3. The summed E-state index contributed by atoms with van der Waals surface area (Å²) >= 11 is 11.3. The lowest BCUT2D eigenvalue weighted by Crippen LogP contribution is -2.49. The van der Waals surface area contributed by atoms with Gasteiger partial charge in [0.05, 0.1) is 10.0 Å². The van der Waals surface area contributed by atoms with Crippen molar-refractivity contribution in [2.75, 3.05) is 13.2 Å². The molecule has 0 spiro atoms. The molecule has 2 N–H and O–H groups in total. The molecule has 180 valence electrons. The molecule has 6 nitrogen and oxygen atoms in total. The van der Waals surface area contributed by atoms with Gasteiger partial charge in [-0.3, -0.25) is 9.59 Å². The fraction of sp³-hybridized carbons (Fsp3) is 0.333. The van der Waals surface area contributed by atoms with Gasteiger partial charge >= 0.3 is 0 Å². The van der Waals surface area contributed by atoms with Crippen molar-refractivity contribution in [2.45, 2.75) is 31.2 Å². The van der Waals surface area contributed by atoms with Crippen molar-refractivity contribution >= 4 is 35.0 Å². The molecule has 4 rings (SSSR count). The number of halogens is 4. The van der Waals surface area contributed by atoms with Crippen LogP contribution in [0.5, 0.6) is 11.5 Å². The largest absolute Gasteiger partial charge is 0.484 e. The molecule has 10 heteroatoms. The van der Waals surface area contributed by atoms with E-state index in [1.165, 1.54) is 24.3 Å². The third-order valence-corrected chi connectivity index (χ3v) is 6.58. The third kappa shape index (κ3) is 5.80. The van der Waals surface area contributed by atoms with Crippen LogP contribution in [-0.2, 0) is 9.59 Å². The van der Waals surface area contributed by atoms with Gasteiger partial charge in [-0.25, -0.2) is 8.78 Å². The molecule has 2 bridgehead atoms. The van der Waals surface area contributed by atoms with Crippen LogP contribution in [0.25, 0.3) is 0 Å². The summed E-state index contributed by atoms with van der Waals surface area (Å²) in [5, 5.41) is 5.86. The Morgan fingerprint density at radius 1 is 0.971 bits per heavy atom. The zero-order valence-corrected chi connectivity index (χ0v) is 19.5. The van der Waals surface area contributed by atoms with Crippen molar-refractivity contribution < 1.29 is 27.8 Å². The van der Waals surface area contributed by atoms with E-state index in [-0.39, 0.29) is 52.5 Å². The van der Waals surface area contributed by atoms with Crippen LogP contribution in [-0.4, -0.2) is 30.6 Å². The summed E-state index contributed by atoms with van der Waals surface area (Å²) in [4.78, 5) is 24.8. The van der Waals surface area contributed by atoms with Gasteiger partial charge in [0.15, 0.2) is 13.2 Å². The van der Waals surface area contributed by atoms with Crippen molar-refractivity contribution in [1.29, 1.82) is 0 Å². The van der Waals surface area contributed by atoms with Gasteiger partial charge in [0, 0.05) is 29.3 Å². The standard InChI is InChI=1S/C24H22Cl2F2N2O4/c25-17-3-1-15(9-19(17)27)33-12-22(31)29-21-6-8-24(7-5-14(21)11-24)30-23(32)13-34-16-2-4-18(26)20(28)10-16/h1-4,6,9-10,14H,5,7-8,11-13H2,(H,29,31)(H,30,32)/t14-,24+/m1/s1. The lowest BCUT2D eigenvalue weighted by atomic mass is 9.85. The van der Waals surface area contributed by atoms with Gasteiger partial charge in [-0.15, -0.1) is 0 Å². The highest BCUT2D eigenvalue weighted by molar-refractivity contribution is 6.31. The monoisotopic (exact) mass is 510 g/mol. The normalized spacial score (nSPS) is 20.9. The molecule has 1 fully saturated rings. The quantitative estimate of drug-likeness (QED) is 0.535. The van der Waals surface area contributed by atoms with Crippen LogP contribution in [0, 0.1) is 17.6 Å². The number of carbonyl (C=O) groups excluding carboxylic acids is 2. The number of ether oxygens (including phenoxy) is 2. The number of hydrogen-bond acceptors (Lipinski definition) is 4. The van der Waals surface area contributed by atoms with Crippen molar-refractivity contribution in [3.8, 4) is 11.5 Å². The predicted molar refractivity (Wildman–Crippen MR) is 123 cm³/mol. The number of nitrogens with one attached hydrogen (secondary N) is 2. The molecule has 2 atom stereocenters. The average Bonchev–Trinajstić information content (AvgIpc) is 3.15. The van der Waals surface area contributed by atoms with Crippen LogP contribution >= 0.6 is 23.2 Å². The van der Waals surface area contributed by atoms with Gasteiger partial charge in [-0.1, -0.05) is 29.3 Å². The summed E-state index contributed by atoms with van der Waals surface area (Å²) in [5.74, 6) is -1.37. The maximum absolute atomic E-state index is 13.5. The molecular weight excluding hydrogens is 489 g/mol. The first-order chi connectivity index (χ1) is 16.2. The van der Waals surface area contributed by atoms with Gasteiger partial charge in [-0.2, -0.15) is 0 Å². The summed E-state index contributed by atoms with van der Waals surface area (Å²) in [6.45, 7) is -0.515. The van der Waals surface area contributed by atoms with Crippen LogP contribution in [0.15, 0.2) is 48.2 Å². The Bertz CT molecular complexity index is 1140. The maximum atomic E-state index is 13.5. The summed E-state index contributed by atoms with van der Waals surface area (Å²) in [7, 11) is 0. The van der Waals surface area contributed by atoms with Crippen LogP contribution in [0.4, 0.5) is 8.78 Å². The van der Waals surface area contributed by atoms with Crippen molar-refractivity contribution in [1.82, 2.24) is 10.6 Å². The van der Waals surface area contributed by atoms with E-state index in [0.29, 0.717) is 12.8 Å². The summed E-state index contributed by atoms with van der Waals surface area (Å²) in [5.41, 5.74) is 0.396. The average molecular weight is 511 g/mol. The summed E-state index contributed by atoms with van der Waals surface area (Å²) in [6, 6.07) is 7.96. The van der Waals surface area contributed by atoms with E-state index in [2.05, 4.69) is 10.6 Å². The minimum atomic E-state index is -0.621. The molecule has 2 aliphatic rings. The molecule has 0 unspecified atom stereocenters. The second-order valence-electron chi connectivity index (χ2n) is 8.41. The minimum Gasteiger partial charge on any atom is -0.484 e. The van der Waals surface area contributed by atoms with Crippen molar-refractivity contribution in [3.63, 3.8) is 0 Å². The van der Waals surface area contributed by atoms with Crippen LogP contribution in [0.2, 0.25) is 10.0 Å². The van der Waals surface area contributed by atoms with Gasteiger partial charge in [0.25, 0.3) is 11.8 Å². The third-order valence-electron chi connectivity index (χ3n) is 5.97. The molecule has 0 aromatic heterocycles. The fourth-order valence-electron chi connectivity index (χ4n) is 4.33. The van der Waals surface area contributed by atoms with E-state index >= 15 is 0 Å². The second kappa shape index (κ2) is 10.2. The highest BCUT2D eigenvalue weighted by atomic mass is 35.5. The smallest absolute Gasteiger partial charge is 0.262 e. The number of allylic oxidation sites excluding steroid dienone is 1. The molecule has 0 saturated heterocycles. The molecule has 1 saturated carbocycles. The predicted octanol–water partition coefficient (Wildman–Crippen LogP) is 4.79. The molecule has 2 aromatic carbocycles. The number of fused-ring (bicyclic) bond motifs is 2. The topological polar surface area (TPSA) is 76.7 Å². The molecule has 2 aromatic rings. The van der Waals surface area contributed by atoms with Gasteiger partial charge < -0.3 is 20.1 Å². The summed E-state index contributed by atoms with van der Waals surface area (Å²) < 4.78 is 37.7. The zero-order chi connectivity index (χ0) is 24.3. The van der Waals surface area contributed by atoms with Crippen molar-refractivity contribution in [2.24, 2.45) is 5.92 Å². The summed E-state index contributed by atoms with van der Waals surface area (Å²) in [6.07, 6.45) is 4.72. The van der Waals surface area contributed by atoms with Crippen LogP contribution in [0.3, 0.4) is 0 Å². The fourth-order valence-corrected chi connectivity index (χ4v) is 4.56. The van der Waals surface area contributed by atoms with E-state index in [4.69, 9.17) is 32.7 Å². The molecule has 0 radical (unpaired) electrons. The SMILES string of the molecule is O=C(COc1ccc(Cl)c(F)c1)NC1=CC[C@@]2(NC(=O)COc3ccc(Cl)c(F)c3)CC[C@@H]1C2. The van der Waals surface area contributed by atoms with Crippen LogP contribution in [0.1, 0.15) is 25.7 Å². The molecule has 34 heavy (non-hydrogen) atoms. The van der Waals surface area contributed by atoms with Gasteiger partial charge in [-0.05, 0) is 49.9 Å². The van der Waals surface area contributed by atoms with Gasteiger partial charge in [0.2, 0.25) is 0 Å². The van der Waals surface area contributed by atoms with Crippen molar-refractivity contribution in [3.05, 3.63) is 69.9 Å². The highest BCUT2D eigenvalue weighted by Gasteiger charge is 2.44. The minimum absolute atomic E-state index is 0.0185. The Hall–Kier alpha value is -2.84. The first-order valence-electron chi connectivity index (χ1n) is 10.7. The lowest BCUT2D eigenvalue weighted by molar-refractivity contribution is -0.125. The number of benzene rings is 2. The molecule has 0 aliphatic heterocycles. The Labute approximate surface area is 205 Å². The van der Waals surface area contributed by atoms with E-state index < -0.39 is 17.2 Å².